The minimum atomic E-state index is 1.07. The van der Waals surface area contributed by atoms with Crippen LogP contribution in [-0.2, 0) is 0 Å². The van der Waals surface area contributed by atoms with Crippen LogP contribution in [0.2, 0.25) is 3.98 Å². The molecule has 1 saturated heterocycles. The topological polar surface area (TPSA) is 15.3 Å². The number of hydrogen-bond donors (Lipinski definition) is 1. The Kier molecular flexibility index (Phi) is 11.6. The molecule has 0 aromatic carbocycles. The predicted octanol–water partition coefficient (Wildman–Crippen LogP) is 1.28. The Labute approximate surface area is 99.1 Å². The maximum atomic E-state index is 2.93. The van der Waals surface area contributed by atoms with Gasteiger partial charge >= 0.3 is 73.5 Å². The SMILES string of the molecule is CCNC.[Pb][CH2]CN1CCCCC1. The Morgan fingerprint density at radius 3 is 2.15 bits per heavy atom. The molecule has 3 heteroatoms. The third kappa shape index (κ3) is 9.15. The molecule has 0 aliphatic carbocycles. The number of likely N-dealkylation sites (tertiary alicyclic amines) is 1. The van der Waals surface area contributed by atoms with Crippen molar-refractivity contribution >= 4 is 25.8 Å². The second-order valence-electron chi connectivity index (χ2n) is 3.36. The van der Waals surface area contributed by atoms with Gasteiger partial charge < -0.3 is 5.32 Å². The summed E-state index contributed by atoms with van der Waals surface area (Å²) in [6.07, 6.45) is 4.36. The van der Waals surface area contributed by atoms with E-state index in [0.717, 1.165) is 6.54 Å². The van der Waals surface area contributed by atoms with Crippen molar-refractivity contribution in [2.24, 2.45) is 0 Å². The third-order valence-corrected chi connectivity index (χ3v) is 3.10. The van der Waals surface area contributed by atoms with Gasteiger partial charge in [-0.1, -0.05) is 6.92 Å². The van der Waals surface area contributed by atoms with Crippen molar-refractivity contribution in [3.8, 4) is 0 Å². The fourth-order valence-electron chi connectivity index (χ4n) is 1.34. The van der Waals surface area contributed by atoms with E-state index < -0.39 is 0 Å². The molecule has 13 heavy (non-hydrogen) atoms. The third-order valence-electron chi connectivity index (χ3n) is 2.23. The molecule has 0 spiro atoms. The first-order valence-corrected chi connectivity index (χ1v) is 8.11. The first kappa shape index (κ1) is 13.8. The number of nitrogens with zero attached hydrogens (tertiary/aromatic N) is 1. The van der Waals surface area contributed by atoms with E-state index in [0.29, 0.717) is 0 Å². The summed E-state index contributed by atoms with van der Waals surface area (Å²) in [6.45, 7) is 7.27. The van der Waals surface area contributed by atoms with Crippen LogP contribution in [0.1, 0.15) is 26.2 Å². The van der Waals surface area contributed by atoms with Crippen molar-refractivity contribution in [1.82, 2.24) is 10.2 Å². The van der Waals surface area contributed by atoms with E-state index in [2.05, 4.69) is 17.1 Å². The summed E-state index contributed by atoms with van der Waals surface area (Å²) >= 11 is 1.38. The van der Waals surface area contributed by atoms with Gasteiger partial charge in [-0.2, -0.15) is 0 Å². The van der Waals surface area contributed by atoms with E-state index in [1.165, 1.54) is 68.6 Å². The Bertz CT molecular complexity index is 88.2. The van der Waals surface area contributed by atoms with Crippen LogP contribution in [0.4, 0.5) is 0 Å². The summed E-state index contributed by atoms with van der Waals surface area (Å²) < 4.78 is 1.46. The Hall–Kier alpha value is 0.842. The van der Waals surface area contributed by atoms with Crippen molar-refractivity contribution in [1.29, 1.82) is 0 Å². The fraction of sp³-hybridized carbons (Fsp3) is 1.00. The predicted molar refractivity (Wildman–Crippen MR) is 60.5 cm³/mol. The molecule has 0 bridgehead atoms. The van der Waals surface area contributed by atoms with Crippen molar-refractivity contribution in [3.05, 3.63) is 0 Å². The average molecular weight is 379 g/mol. The van der Waals surface area contributed by atoms with Gasteiger partial charge in [-0.05, 0) is 13.6 Å². The zero-order valence-electron chi connectivity index (χ0n) is 9.10. The Morgan fingerprint density at radius 1 is 1.23 bits per heavy atom. The molecule has 0 saturated carbocycles. The Balaban J connectivity index is 0.000000310. The van der Waals surface area contributed by atoms with Crippen LogP contribution >= 0.6 is 0 Å². The van der Waals surface area contributed by atoms with Crippen LogP contribution in [0.3, 0.4) is 0 Å². The molecular weight excluding hydrogens is 355 g/mol. The quantitative estimate of drug-likeness (QED) is 0.745. The molecule has 0 amide bonds. The molecule has 0 aromatic rings. The van der Waals surface area contributed by atoms with E-state index >= 15 is 0 Å². The summed E-state index contributed by atoms with van der Waals surface area (Å²) in [5.74, 6) is 0. The zero-order valence-corrected chi connectivity index (χ0v) is 13.0. The molecule has 1 N–H and O–H groups in total. The van der Waals surface area contributed by atoms with Gasteiger partial charge in [0.2, 0.25) is 0 Å². The van der Waals surface area contributed by atoms with E-state index in [9.17, 15) is 0 Å². The number of rotatable bonds is 3. The molecule has 3 radical (unpaired) electrons. The van der Waals surface area contributed by atoms with Crippen LogP contribution in [0.25, 0.3) is 0 Å². The second kappa shape index (κ2) is 10.9. The van der Waals surface area contributed by atoms with Gasteiger partial charge in [-0.25, -0.2) is 0 Å². The van der Waals surface area contributed by atoms with Crippen LogP contribution in [0.15, 0.2) is 0 Å². The van der Waals surface area contributed by atoms with Crippen LogP contribution in [0.5, 0.6) is 0 Å². The molecule has 1 aliphatic heterocycles. The molecule has 1 fully saturated rings. The molecule has 0 aromatic heterocycles. The van der Waals surface area contributed by atoms with Crippen LogP contribution < -0.4 is 5.32 Å². The summed E-state index contributed by atoms with van der Waals surface area (Å²) in [4.78, 5) is 2.61. The first-order chi connectivity index (χ1) is 6.35. The normalized spacial score (nSPS) is 17.8. The molecular formula is C10H23N2Pb. The van der Waals surface area contributed by atoms with Crippen molar-refractivity contribution < 1.29 is 0 Å². The van der Waals surface area contributed by atoms with Gasteiger partial charge in [0.25, 0.3) is 0 Å². The van der Waals surface area contributed by atoms with Crippen molar-refractivity contribution in [2.75, 3.05) is 33.2 Å². The molecule has 1 rings (SSSR count). The van der Waals surface area contributed by atoms with Crippen molar-refractivity contribution in [2.45, 2.75) is 30.2 Å². The van der Waals surface area contributed by atoms with Crippen molar-refractivity contribution in [3.63, 3.8) is 0 Å². The molecule has 1 aliphatic rings. The molecule has 2 nitrogen and oxygen atoms in total. The minimum absolute atomic E-state index is 1.07. The number of piperidine rings is 1. The summed E-state index contributed by atoms with van der Waals surface area (Å²) in [5.41, 5.74) is 0. The van der Waals surface area contributed by atoms with E-state index in [1.54, 1.807) is 0 Å². The Morgan fingerprint density at radius 2 is 1.77 bits per heavy atom. The van der Waals surface area contributed by atoms with Gasteiger partial charge in [-0.3, -0.25) is 0 Å². The molecule has 0 atom stereocenters. The number of hydrogen-bond acceptors (Lipinski definition) is 2. The fourth-order valence-corrected chi connectivity index (χ4v) is 2.57. The van der Waals surface area contributed by atoms with Crippen LogP contribution in [-0.4, -0.2) is 63.9 Å². The monoisotopic (exact) mass is 379 g/mol. The standard InChI is InChI=1S/C7H14N.C3H9N.Pb/c1-2-8-6-4-3-5-7-8;1-3-4-2;/h1-7H2;4H,3H2,1-2H3;. The molecule has 1 heterocycles. The summed E-state index contributed by atoms with van der Waals surface area (Å²) in [5, 5.41) is 2.93. The van der Waals surface area contributed by atoms with E-state index in [-0.39, 0.29) is 0 Å². The first-order valence-electron chi connectivity index (χ1n) is 5.36. The van der Waals surface area contributed by atoms with Gasteiger partial charge in [0.05, 0.1) is 0 Å². The average Bonchev–Trinajstić information content (AvgIpc) is 2.20. The van der Waals surface area contributed by atoms with Gasteiger partial charge in [0, 0.05) is 0 Å². The zero-order chi connectivity index (χ0) is 9.94. The summed E-state index contributed by atoms with van der Waals surface area (Å²) in [6, 6.07) is 0. The van der Waals surface area contributed by atoms with Gasteiger partial charge in [0.1, 0.15) is 0 Å². The second-order valence-corrected chi connectivity index (χ2v) is 5.30. The van der Waals surface area contributed by atoms with E-state index in [4.69, 9.17) is 0 Å². The number of nitrogens with one attached hydrogen (secondary N) is 1. The van der Waals surface area contributed by atoms with Crippen LogP contribution in [0, 0.1) is 0 Å². The molecule has 77 valence electrons. The van der Waals surface area contributed by atoms with Gasteiger partial charge in [-0.15, -0.1) is 0 Å². The van der Waals surface area contributed by atoms with Gasteiger partial charge in [0.15, 0.2) is 0 Å². The molecule has 0 unspecified atom stereocenters. The van der Waals surface area contributed by atoms with E-state index in [1.807, 2.05) is 7.05 Å². The summed E-state index contributed by atoms with van der Waals surface area (Å²) in [7, 11) is 1.93. The maximum absolute atomic E-state index is 2.93.